The van der Waals surface area contributed by atoms with Gasteiger partial charge in [-0.25, -0.2) is 4.98 Å². The topological polar surface area (TPSA) is 59.2 Å². The van der Waals surface area contributed by atoms with Gasteiger partial charge in [0, 0.05) is 23.2 Å². The lowest BCUT2D eigenvalue weighted by atomic mass is 10.1. The normalized spacial score (nSPS) is 17.0. The number of likely N-dealkylation sites (tertiary alicyclic amines) is 1. The molecule has 7 heteroatoms. The van der Waals surface area contributed by atoms with Gasteiger partial charge in [-0.15, -0.1) is 11.3 Å². The number of nitrogens with zero attached hydrogens (tertiary/aromatic N) is 3. The maximum absolute atomic E-state index is 13.2. The molecule has 0 saturated carbocycles. The average molecular weight is 388 g/mol. The molecule has 1 aromatic carbocycles. The molecule has 4 rings (SSSR count). The van der Waals surface area contributed by atoms with Crippen molar-refractivity contribution in [3.8, 4) is 10.6 Å². The first kappa shape index (κ1) is 17.2. The Balaban J connectivity index is 1.64. The first-order valence-electron chi connectivity index (χ1n) is 8.50. The molecule has 0 unspecified atom stereocenters. The summed E-state index contributed by atoms with van der Waals surface area (Å²) in [6.07, 6.45) is 1.84. The van der Waals surface area contributed by atoms with Crippen LogP contribution in [0.5, 0.6) is 0 Å². The minimum atomic E-state index is -0.0557. The van der Waals surface area contributed by atoms with E-state index in [9.17, 15) is 4.79 Å². The van der Waals surface area contributed by atoms with E-state index in [1.165, 1.54) is 11.3 Å². The largest absolute Gasteiger partial charge is 0.359 e. The Kier molecular flexibility index (Phi) is 4.54. The zero-order valence-corrected chi connectivity index (χ0v) is 16.1. The average Bonchev–Trinajstić information content (AvgIpc) is 3.33. The van der Waals surface area contributed by atoms with Crippen molar-refractivity contribution < 1.29 is 9.32 Å². The number of carbonyl (C=O) groups excluding carboxylic acids is 1. The van der Waals surface area contributed by atoms with Gasteiger partial charge in [0.2, 0.25) is 0 Å². The summed E-state index contributed by atoms with van der Waals surface area (Å²) >= 11 is 7.49. The molecule has 0 aliphatic carbocycles. The smallest absolute Gasteiger partial charge is 0.266 e. The Morgan fingerprint density at radius 1 is 1.35 bits per heavy atom. The van der Waals surface area contributed by atoms with Crippen LogP contribution in [0, 0.1) is 13.8 Å². The van der Waals surface area contributed by atoms with Crippen LogP contribution >= 0.6 is 22.9 Å². The van der Waals surface area contributed by atoms with Crippen molar-refractivity contribution in [1.82, 2.24) is 15.0 Å². The van der Waals surface area contributed by atoms with Crippen LogP contribution in [0.4, 0.5) is 0 Å². The number of hydrogen-bond donors (Lipinski definition) is 0. The van der Waals surface area contributed by atoms with E-state index in [-0.39, 0.29) is 11.9 Å². The van der Waals surface area contributed by atoms with Crippen molar-refractivity contribution in [2.75, 3.05) is 6.54 Å². The Morgan fingerprint density at radius 2 is 2.19 bits per heavy atom. The van der Waals surface area contributed by atoms with E-state index in [1.807, 2.05) is 49.1 Å². The Bertz CT molecular complexity index is 965. The molecule has 1 aliphatic heterocycles. The zero-order chi connectivity index (χ0) is 18.3. The molecule has 0 bridgehead atoms. The van der Waals surface area contributed by atoms with Gasteiger partial charge in [-0.1, -0.05) is 28.9 Å². The summed E-state index contributed by atoms with van der Waals surface area (Å²) in [6.45, 7) is 4.48. The standard InChI is InChI=1S/C19H18ClN3O2S/c1-11-9-16(25-22-11)15-7-4-8-23(15)19(24)17-12(2)21-18(26-17)13-5-3-6-14(20)10-13/h3,5-6,9-10,15H,4,7-8H2,1-2H3/t15-/m1/s1. The van der Waals surface area contributed by atoms with Crippen LogP contribution in [-0.4, -0.2) is 27.5 Å². The highest BCUT2D eigenvalue weighted by atomic mass is 35.5. The van der Waals surface area contributed by atoms with Crippen molar-refractivity contribution >= 4 is 28.8 Å². The Hall–Kier alpha value is -2.18. The maximum atomic E-state index is 13.2. The van der Waals surface area contributed by atoms with E-state index in [4.69, 9.17) is 16.1 Å². The Morgan fingerprint density at radius 3 is 2.92 bits per heavy atom. The molecule has 0 radical (unpaired) electrons. The number of carbonyl (C=O) groups is 1. The third-order valence-corrected chi connectivity index (χ3v) is 5.98. The molecule has 1 fully saturated rings. The predicted molar refractivity (Wildman–Crippen MR) is 102 cm³/mol. The van der Waals surface area contributed by atoms with Crippen molar-refractivity contribution in [3.05, 3.63) is 57.4 Å². The van der Waals surface area contributed by atoms with Crippen LogP contribution < -0.4 is 0 Å². The number of aromatic nitrogens is 2. The molecule has 1 atom stereocenters. The molecule has 3 heterocycles. The predicted octanol–water partition coefficient (Wildman–Crippen LogP) is 5.05. The lowest BCUT2D eigenvalue weighted by Crippen LogP contribution is -2.30. The molecule has 2 aromatic heterocycles. The Labute approximate surface area is 160 Å². The quantitative estimate of drug-likeness (QED) is 0.631. The van der Waals surface area contributed by atoms with Gasteiger partial charge in [0.25, 0.3) is 5.91 Å². The van der Waals surface area contributed by atoms with Gasteiger partial charge in [-0.05, 0) is 38.8 Å². The van der Waals surface area contributed by atoms with Crippen LogP contribution in [0.3, 0.4) is 0 Å². The summed E-state index contributed by atoms with van der Waals surface area (Å²) in [5.74, 6) is 0.760. The summed E-state index contributed by atoms with van der Waals surface area (Å²) in [5.41, 5.74) is 2.50. The number of hydrogen-bond acceptors (Lipinski definition) is 5. The fourth-order valence-corrected chi connectivity index (χ4v) is 4.53. The lowest BCUT2D eigenvalue weighted by molar-refractivity contribution is 0.0718. The highest BCUT2D eigenvalue weighted by Gasteiger charge is 2.34. The van der Waals surface area contributed by atoms with Crippen LogP contribution in [0.1, 0.15) is 45.7 Å². The van der Waals surface area contributed by atoms with Crippen molar-refractivity contribution in [1.29, 1.82) is 0 Å². The van der Waals surface area contributed by atoms with Gasteiger partial charge >= 0.3 is 0 Å². The van der Waals surface area contributed by atoms with Crippen LogP contribution in [-0.2, 0) is 0 Å². The second-order valence-electron chi connectivity index (χ2n) is 6.47. The third kappa shape index (κ3) is 3.15. The summed E-state index contributed by atoms with van der Waals surface area (Å²) in [7, 11) is 0. The van der Waals surface area contributed by atoms with Crippen molar-refractivity contribution in [2.45, 2.75) is 32.7 Å². The van der Waals surface area contributed by atoms with Crippen molar-refractivity contribution in [3.63, 3.8) is 0 Å². The first-order valence-corrected chi connectivity index (χ1v) is 9.70. The first-order chi connectivity index (χ1) is 12.5. The number of halogens is 1. The zero-order valence-electron chi connectivity index (χ0n) is 14.5. The van der Waals surface area contributed by atoms with Gasteiger partial charge in [0.15, 0.2) is 5.76 Å². The molecule has 1 amide bonds. The maximum Gasteiger partial charge on any atom is 0.266 e. The number of aryl methyl sites for hydroxylation is 2. The van der Waals surface area contributed by atoms with E-state index in [1.54, 1.807) is 0 Å². The van der Waals surface area contributed by atoms with Gasteiger partial charge in [-0.2, -0.15) is 0 Å². The highest BCUT2D eigenvalue weighted by Crippen LogP contribution is 2.36. The van der Waals surface area contributed by atoms with Gasteiger partial charge < -0.3 is 9.42 Å². The molecule has 134 valence electrons. The van der Waals surface area contributed by atoms with E-state index < -0.39 is 0 Å². The SMILES string of the molecule is Cc1cc([C@H]2CCCN2C(=O)c2sc(-c3cccc(Cl)c3)nc2C)on1. The summed E-state index contributed by atoms with van der Waals surface area (Å²) in [5, 5.41) is 5.42. The van der Waals surface area contributed by atoms with E-state index in [0.717, 1.165) is 40.6 Å². The van der Waals surface area contributed by atoms with Crippen LogP contribution in [0.15, 0.2) is 34.9 Å². The molecule has 26 heavy (non-hydrogen) atoms. The number of rotatable bonds is 3. The van der Waals surface area contributed by atoms with E-state index in [2.05, 4.69) is 10.1 Å². The molecule has 1 aliphatic rings. The molecule has 0 N–H and O–H groups in total. The second-order valence-corrected chi connectivity index (χ2v) is 7.91. The molecule has 1 saturated heterocycles. The summed E-state index contributed by atoms with van der Waals surface area (Å²) < 4.78 is 5.41. The number of amides is 1. The molecule has 0 spiro atoms. The molecular formula is C19H18ClN3O2S. The fraction of sp³-hybridized carbons (Fsp3) is 0.316. The van der Waals surface area contributed by atoms with E-state index >= 15 is 0 Å². The van der Waals surface area contributed by atoms with E-state index in [0.29, 0.717) is 16.4 Å². The van der Waals surface area contributed by atoms with Gasteiger partial charge in [0.05, 0.1) is 17.4 Å². The minimum Gasteiger partial charge on any atom is -0.359 e. The van der Waals surface area contributed by atoms with Gasteiger partial charge in [0.1, 0.15) is 9.88 Å². The third-order valence-electron chi connectivity index (χ3n) is 4.55. The summed E-state index contributed by atoms with van der Waals surface area (Å²) in [6, 6.07) is 9.38. The van der Waals surface area contributed by atoms with Gasteiger partial charge in [-0.3, -0.25) is 4.79 Å². The lowest BCUT2D eigenvalue weighted by Gasteiger charge is -2.22. The summed E-state index contributed by atoms with van der Waals surface area (Å²) in [4.78, 5) is 20.3. The fourth-order valence-electron chi connectivity index (χ4n) is 3.32. The van der Waals surface area contributed by atoms with Crippen LogP contribution in [0.25, 0.3) is 10.6 Å². The highest BCUT2D eigenvalue weighted by molar-refractivity contribution is 7.17. The number of benzene rings is 1. The van der Waals surface area contributed by atoms with Crippen LogP contribution in [0.2, 0.25) is 5.02 Å². The molecule has 5 nitrogen and oxygen atoms in total. The molecule has 3 aromatic rings. The monoisotopic (exact) mass is 387 g/mol. The second kappa shape index (κ2) is 6.85. The minimum absolute atomic E-state index is 0.00447. The number of thiazole rings is 1. The van der Waals surface area contributed by atoms with Crippen molar-refractivity contribution in [2.24, 2.45) is 0 Å². The molecular weight excluding hydrogens is 370 g/mol.